The predicted molar refractivity (Wildman–Crippen MR) is 108 cm³/mol. The van der Waals surface area contributed by atoms with Gasteiger partial charge in [-0.15, -0.1) is 0 Å². The number of nitrogens with zero attached hydrogens (tertiary/aromatic N) is 1. The number of benzene rings is 2. The SMILES string of the molecule is COc1ccc(C(=O)NC(=NC[C@H]2CCCO2)Nc2ccc(F)cc2)cc1OC. The smallest absolute Gasteiger partial charge is 0.258 e. The number of hydrogen-bond donors (Lipinski definition) is 2. The second-order valence-electron chi connectivity index (χ2n) is 6.48. The van der Waals surface area contributed by atoms with Crippen molar-refractivity contribution in [1.82, 2.24) is 5.32 Å². The number of nitrogens with one attached hydrogen (secondary N) is 2. The summed E-state index contributed by atoms with van der Waals surface area (Å²) in [6.45, 7) is 1.13. The quantitative estimate of drug-likeness (QED) is 0.574. The fraction of sp³-hybridized carbons (Fsp3) is 0.333. The van der Waals surface area contributed by atoms with E-state index >= 15 is 0 Å². The summed E-state index contributed by atoms with van der Waals surface area (Å²) in [6, 6.07) is 10.7. The third-order valence-electron chi connectivity index (χ3n) is 4.46. The number of guanidine groups is 1. The largest absolute Gasteiger partial charge is 0.493 e. The lowest BCUT2D eigenvalue weighted by atomic mass is 10.2. The Bertz CT molecular complexity index is 865. The monoisotopic (exact) mass is 401 g/mol. The third kappa shape index (κ3) is 5.68. The lowest BCUT2D eigenvalue weighted by Gasteiger charge is -2.14. The van der Waals surface area contributed by atoms with Crippen molar-refractivity contribution in [2.24, 2.45) is 4.99 Å². The molecule has 1 amide bonds. The molecule has 3 rings (SSSR count). The summed E-state index contributed by atoms with van der Waals surface area (Å²) in [6.07, 6.45) is 1.95. The number of ether oxygens (including phenoxy) is 3. The molecule has 0 unspecified atom stereocenters. The van der Waals surface area contributed by atoms with Crippen LogP contribution in [0, 0.1) is 5.82 Å². The highest BCUT2D eigenvalue weighted by Crippen LogP contribution is 2.27. The van der Waals surface area contributed by atoms with Gasteiger partial charge in [0, 0.05) is 17.9 Å². The van der Waals surface area contributed by atoms with Crippen LogP contribution < -0.4 is 20.1 Å². The number of anilines is 1. The molecule has 0 aliphatic carbocycles. The van der Waals surface area contributed by atoms with Gasteiger partial charge in [-0.25, -0.2) is 9.38 Å². The van der Waals surface area contributed by atoms with Crippen LogP contribution in [0.4, 0.5) is 10.1 Å². The van der Waals surface area contributed by atoms with E-state index in [0.717, 1.165) is 19.4 Å². The molecule has 29 heavy (non-hydrogen) atoms. The maximum absolute atomic E-state index is 13.2. The molecule has 1 aliphatic rings. The van der Waals surface area contributed by atoms with Crippen LogP contribution >= 0.6 is 0 Å². The van der Waals surface area contributed by atoms with Gasteiger partial charge in [0.05, 0.1) is 26.9 Å². The van der Waals surface area contributed by atoms with Crippen molar-refractivity contribution in [1.29, 1.82) is 0 Å². The Morgan fingerprint density at radius 3 is 2.59 bits per heavy atom. The van der Waals surface area contributed by atoms with Gasteiger partial charge in [-0.1, -0.05) is 0 Å². The lowest BCUT2D eigenvalue weighted by Crippen LogP contribution is -2.36. The van der Waals surface area contributed by atoms with Gasteiger partial charge >= 0.3 is 0 Å². The number of amides is 1. The number of methoxy groups -OCH3 is 2. The molecule has 1 heterocycles. The van der Waals surface area contributed by atoms with Crippen molar-refractivity contribution >= 4 is 17.6 Å². The van der Waals surface area contributed by atoms with Gasteiger partial charge in [0.25, 0.3) is 5.91 Å². The number of carbonyl (C=O) groups excluding carboxylic acids is 1. The van der Waals surface area contributed by atoms with Gasteiger partial charge in [-0.05, 0) is 55.3 Å². The minimum atomic E-state index is -0.369. The average molecular weight is 401 g/mol. The van der Waals surface area contributed by atoms with Crippen LogP contribution in [0.5, 0.6) is 11.5 Å². The maximum atomic E-state index is 13.2. The molecule has 1 saturated heterocycles. The highest BCUT2D eigenvalue weighted by atomic mass is 19.1. The molecule has 8 heteroatoms. The van der Waals surface area contributed by atoms with E-state index in [1.165, 1.54) is 26.4 Å². The van der Waals surface area contributed by atoms with Gasteiger partial charge in [-0.3, -0.25) is 10.1 Å². The van der Waals surface area contributed by atoms with Gasteiger partial charge in [-0.2, -0.15) is 0 Å². The Labute approximate surface area is 168 Å². The van der Waals surface area contributed by atoms with E-state index in [4.69, 9.17) is 14.2 Å². The zero-order valence-electron chi connectivity index (χ0n) is 16.4. The van der Waals surface area contributed by atoms with E-state index in [-0.39, 0.29) is 23.8 Å². The molecule has 7 nitrogen and oxygen atoms in total. The van der Waals surface area contributed by atoms with Gasteiger partial charge in [0.2, 0.25) is 5.96 Å². The zero-order valence-corrected chi connectivity index (χ0v) is 16.4. The molecule has 2 N–H and O–H groups in total. The second kappa shape index (κ2) is 9.88. The lowest BCUT2D eigenvalue weighted by molar-refractivity contribution is 0.0975. The summed E-state index contributed by atoms with van der Waals surface area (Å²) >= 11 is 0. The molecule has 0 radical (unpaired) electrons. The van der Waals surface area contributed by atoms with Crippen LogP contribution in [0.15, 0.2) is 47.5 Å². The van der Waals surface area contributed by atoms with Crippen LogP contribution in [0.25, 0.3) is 0 Å². The van der Waals surface area contributed by atoms with Gasteiger partial charge in [0.15, 0.2) is 11.5 Å². The Balaban J connectivity index is 1.76. The molecular weight excluding hydrogens is 377 g/mol. The minimum Gasteiger partial charge on any atom is -0.493 e. The van der Waals surface area contributed by atoms with Crippen molar-refractivity contribution in [3.8, 4) is 11.5 Å². The fourth-order valence-electron chi connectivity index (χ4n) is 2.92. The number of rotatable bonds is 6. The predicted octanol–water partition coefficient (Wildman–Crippen LogP) is 3.22. The molecule has 0 saturated carbocycles. The summed E-state index contributed by atoms with van der Waals surface area (Å²) < 4.78 is 29.2. The summed E-state index contributed by atoms with van der Waals surface area (Å²) in [5, 5.41) is 5.79. The first-order chi connectivity index (χ1) is 14.1. The Hall–Kier alpha value is -3.13. The molecule has 0 aromatic heterocycles. The summed E-state index contributed by atoms with van der Waals surface area (Å²) in [5.41, 5.74) is 0.985. The molecular formula is C21H24FN3O4. The topological polar surface area (TPSA) is 81.2 Å². The van der Waals surface area contributed by atoms with Crippen LogP contribution in [-0.2, 0) is 4.74 Å². The zero-order chi connectivity index (χ0) is 20.6. The van der Waals surface area contributed by atoms with Crippen LogP contribution in [0.1, 0.15) is 23.2 Å². The highest BCUT2D eigenvalue weighted by molar-refractivity contribution is 6.10. The molecule has 0 bridgehead atoms. The van der Waals surface area contributed by atoms with E-state index < -0.39 is 0 Å². The van der Waals surface area contributed by atoms with Crippen molar-refractivity contribution < 1.29 is 23.4 Å². The molecule has 1 atom stereocenters. The third-order valence-corrected chi connectivity index (χ3v) is 4.46. The summed E-state index contributed by atoms with van der Waals surface area (Å²) in [7, 11) is 3.03. The summed E-state index contributed by atoms with van der Waals surface area (Å²) in [4.78, 5) is 17.2. The maximum Gasteiger partial charge on any atom is 0.258 e. The number of halogens is 1. The number of carbonyl (C=O) groups is 1. The first-order valence-electron chi connectivity index (χ1n) is 9.31. The Morgan fingerprint density at radius 2 is 1.93 bits per heavy atom. The summed E-state index contributed by atoms with van der Waals surface area (Å²) in [5.74, 6) is 0.520. The second-order valence-corrected chi connectivity index (χ2v) is 6.48. The minimum absolute atomic E-state index is 0.0259. The number of hydrogen-bond acceptors (Lipinski definition) is 5. The van der Waals surface area contributed by atoms with E-state index in [9.17, 15) is 9.18 Å². The van der Waals surface area contributed by atoms with E-state index in [1.807, 2.05) is 0 Å². The molecule has 0 spiro atoms. The van der Waals surface area contributed by atoms with Crippen molar-refractivity contribution in [3.05, 3.63) is 53.8 Å². The Morgan fingerprint density at radius 1 is 1.17 bits per heavy atom. The van der Waals surface area contributed by atoms with Crippen LogP contribution in [0.2, 0.25) is 0 Å². The standard InChI is InChI=1S/C21H24FN3O4/c1-27-18-10-5-14(12-19(18)28-2)20(26)25-21(23-13-17-4-3-11-29-17)24-16-8-6-15(22)7-9-16/h5-10,12,17H,3-4,11,13H2,1-2H3,(H2,23,24,25,26)/t17-/m1/s1. The van der Waals surface area contributed by atoms with Crippen molar-refractivity contribution in [2.75, 3.05) is 32.7 Å². The van der Waals surface area contributed by atoms with Crippen molar-refractivity contribution in [2.45, 2.75) is 18.9 Å². The highest BCUT2D eigenvalue weighted by Gasteiger charge is 2.17. The molecule has 2 aromatic carbocycles. The van der Waals surface area contributed by atoms with E-state index in [0.29, 0.717) is 29.3 Å². The molecule has 1 aliphatic heterocycles. The van der Waals surface area contributed by atoms with E-state index in [1.54, 1.807) is 30.3 Å². The van der Waals surface area contributed by atoms with Crippen molar-refractivity contribution in [3.63, 3.8) is 0 Å². The van der Waals surface area contributed by atoms with Gasteiger partial charge < -0.3 is 19.5 Å². The first-order valence-corrected chi connectivity index (χ1v) is 9.31. The molecule has 2 aromatic rings. The van der Waals surface area contributed by atoms with Crippen LogP contribution in [0.3, 0.4) is 0 Å². The molecule has 154 valence electrons. The Kier molecular flexibility index (Phi) is 7.02. The fourth-order valence-corrected chi connectivity index (χ4v) is 2.92. The van der Waals surface area contributed by atoms with Crippen LogP contribution in [-0.4, -0.2) is 45.3 Å². The van der Waals surface area contributed by atoms with E-state index in [2.05, 4.69) is 15.6 Å². The first kappa shape index (κ1) is 20.6. The van der Waals surface area contributed by atoms with Gasteiger partial charge in [0.1, 0.15) is 5.82 Å². The molecule has 1 fully saturated rings. The number of aliphatic imine (C=N–C) groups is 1. The average Bonchev–Trinajstić information content (AvgIpc) is 3.26. The normalized spacial score (nSPS) is 16.4.